The summed E-state index contributed by atoms with van der Waals surface area (Å²) in [6.07, 6.45) is 3.69. The molecule has 1 saturated carbocycles. The molecule has 0 spiro atoms. The molecule has 0 bridgehead atoms. The van der Waals surface area contributed by atoms with Gasteiger partial charge in [-0.25, -0.2) is 4.98 Å². The zero-order chi connectivity index (χ0) is 14.6. The molecule has 1 aromatic rings. The van der Waals surface area contributed by atoms with Gasteiger partial charge in [0, 0.05) is 12.7 Å². The average Bonchev–Trinajstić information content (AvgIpc) is 3.26. The van der Waals surface area contributed by atoms with Crippen LogP contribution in [0.25, 0.3) is 0 Å². The summed E-state index contributed by atoms with van der Waals surface area (Å²) in [6, 6.07) is 3.53. The summed E-state index contributed by atoms with van der Waals surface area (Å²) in [7, 11) is 0. The average molecular weight is 278 g/mol. The Morgan fingerprint density at radius 1 is 1.40 bits per heavy atom. The van der Waals surface area contributed by atoms with Crippen LogP contribution in [0, 0.1) is 5.92 Å². The molecule has 110 valence electrons. The van der Waals surface area contributed by atoms with Crippen LogP contribution in [0.1, 0.15) is 33.6 Å². The van der Waals surface area contributed by atoms with Gasteiger partial charge in [-0.15, -0.1) is 0 Å². The summed E-state index contributed by atoms with van der Waals surface area (Å²) in [5, 5.41) is 2.88. The number of hydrogen-bond acceptors (Lipinski definition) is 4. The van der Waals surface area contributed by atoms with Gasteiger partial charge in [-0.2, -0.15) is 0 Å². The summed E-state index contributed by atoms with van der Waals surface area (Å²) in [5.74, 6) is 0.770. The van der Waals surface area contributed by atoms with Crippen molar-refractivity contribution in [3.63, 3.8) is 0 Å². The van der Waals surface area contributed by atoms with Crippen molar-refractivity contribution in [1.29, 1.82) is 0 Å². The Labute approximate surface area is 119 Å². The molecule has 1 N–H and O–H groups in total. The molecule has 1 amide bonds. The van der Waals surface area contributed by atoms with Crippen LogP contribution in [-0.2, 0) is 9.53 Å². The maximum Gasteiger partial charge on any atom is 0.256 e. The van der Waals surface area contributed by atoms with Gasteiger partial charge in [-0.3, -0.25) is 4.79 Å². The standard InChI is InChI=1S/C15H22N2O3/c1-4-19-13-9-8-12(10-16-13)17-14(18)15(3,20-5-2)11-6-7-11/h8-11H,4-7H2,1-3H3,(H,17,18)/t15-/m1/s1. The van der Waals surface area contributed by atoms with Crippen molar-refractivity contribution >= 4 is 11.6 Å². The number of nitrogens with zero attached hydrogens (tertiary/aromatic N) is 1. The number of rotatable bonds is 7. The van der Waals surface area contributed by atoms with Gasteiger partial charge in [0.15, 0.2) is 0 Å². The summed E-state index contributed by atoms with van der Waals surface area (Å²) >= 11 is 0. The number of nitrogens with one attached hydrogen (secondary N) is 1. The Balaban J connectivity index is 2.02. The molecule has 0 unspecified atom stereocenters. The predicted molar refractivity (Wildman–Crippen MR) is 76.8 cm³/mol. The Morgan fingerprint density at radius 2 is 2.15 bits per heavy atom. The number of aromatic nitrogens is 1. The fourth-order valence-corrected chi connectivity index (χ4v) is 2.25. The van der Waals surface area contributed by atoms with E-state index in [2.05, 4.69) is 10.3 Å². The van der Waals surface area contributed by atoms with Crippen molar-refractivity contribution in [2.24, 2.45) is 5.92 Å². The summed E-state index contributed by atoms with van der Waals surface area (Å²) < 4.78 is 11.0. The van der Waals surface area contributed by atoms with E-state index in [-0.39, 0.29) is 5.91 Å². The molecule has 1 aromatic heterocycles. The molecule has 0 radical (unpaired) electrons. The highest BCUT2D eigenvalue weighted by atomic mass is 16.5. The molecule has 0 aromatic carbocycles. The van der Waals surface area contributed by atoms with E-state index in [0.717, 1.165) is 12.8 Å². The van der Waals surface area contributed by atoms with Crippen LogP contribution < -0.4 is 10.1 Å². The van der Waals surface area contributed by atoms with E-state index >= 15 is 0 Å². The fraction of sp³-hybridized carbons (Fsp3) is 0.600. The van der Waals surface area contributed by atoms with Crippen molar-refractivity contribution in [2.45, 2.75) is 39.2 Å². The second-order valence-corrected chi connectivity index (χ2v) is 5.09. The second kappa shape index (κ2) is 6.22. The summed E-state index contributed by atoms with van der Waals surface area (Å²) in [4.78, 5) is 16.6. The minimum atomic E-state index is -0.743. The first-order chi connectivity index (χ1) is 9.60. The molecule has 5 nitrogen and oxygen atoms in total. The smallest absolute Gasteiger partial charge is 0.256 e. The number of carbonyl (C=O) groups is 1. The van der Waals surface area contributed by atoms with Crippen LogP contribution in [0.15, 0.2) is 18.3 Å². The zero-order valence-corrected chi connectivity index (χ0v) is 12.3. The third-order valence-electron chi connectivity index (χ3n) is 3.54. The third-order valence-corrected chi connectivity index (χ3v) is 3.54. The van der Waals surface area contributed by atoms with E-state index < -0.39 is 5.60 Å². The lowest BCUT2D eigenvalue weighted by Gasteiger charge is -2.28. The molecule has 2 rings (SSSR count). The third kappa shape index (κ3) is 3.28. The van der Waals surface area contributed by atoms with Gasteiger partial charge in [0.25, 0.3) is 5.91 Å². The van der Waals surface area contributed by atoms with Gasteiger partial charge in [-0.1, -0.05) is 0 Å². The molecular weight excluding hydrogens is 256 g/mol. The van der Waals surface area contributed by atoms with Crippen LogP contribution in [0.4, 0.5) is 5.69 Å². The minimum absolute atomic E-state index is 0.104. The highest BCUT2D eigenvalue weighted by Crippen LogP contribution is 2.42. The van der Waals surface area contributed by atoms with Gasteiger partial charge < -0.3 is 14.8 Å². The van der Waals surface area contributed by atoms with Gasteiger partial charge >= 0.3 is 0 Å². The minimum Gasteiger partial charge on any atom is -0.478 e. The van der Waals surface area contributed by atoms with Gasteiger partial charge in [0.1, 0.15) is 5.60 Å². The number of ether oxygens (including phenoxy) is 2. The lowest BCUT2D eigenvalue weighted by molar-refractivity contribution is -0.141. The van der Waals surface area contributed by atoms with Crippen molar-refractivity contribution in [2.75, 3.05) is 18.5 Å². The topological polar surface area (TPSA) is 60.5 Å². The second-order valence-electron chi connectivity index (χ2n) is 5.09. The molecule has 1 heterocycles. The molecule has 5 heteroatoms. The molecule has 1 aliphatic rings. The van der Waals surface area contributed by atoms with Crippen molar-refractivity contribution < 1.29 is 14.3 Å². The van der Waals surface area contributed by atoms with Crippen molar-refractivity contribution in [3.8, 4) is 5.88 Å². The van der Waals surface area contributed by atoms with E-state index in [1.54, 1.807) is 18.3 Å². The highest BCUT2D eigenvalue weighted by Gasteiger charge is 2.48. The summed E-state index contributed by atoms with van der Waals surface area (Å²) in [6.45, 7) is 6.78. The van der Waals surface area contributed by atoms with Crippen LogP contribution >= 0.6 is 0 Å². The maximum absolute atomic E-state index is 12.4. The number of carbonyl (C=O) groups excluding carboxylic acids is 1. The molecule has 0 aliphatic heterocycles. The highest BCUT2D eigenvalue weighted by molar-refractivity contribution is 5.97. The SMILES string of the molecule is CCOc1ccc(NC(=O)[C@](C)(OCC)C2CC2)cn1. The van der Waals surface area contributed by atoms with E-state index in [4.69, 9.17) is 9.47 Å². The molecule has 0 saturated heterocycles. The van der Waals surface area contributed by atoms with E-state index in [1.165, 1.54) is 0 Å². The van der Waals surface area contributed by atoms with E-state index in [1.807, 2.05) is 20.8 Å². The number of pyridine rings is 1. The van der Waals surface area contributed by atoms with Crippen LogP contribution in [0.2, 0.25) is 0 Å². The van der Waals surface area contributed by atoms with Gasteiger partial charge in [0.2, 0.25) is 5.88 Å². The lowest BCUT2D eigenvalue weighted by Crippen LogP contribution is -2.44. The monoisotopic (exact) mass is 278 g/mol. The predicted octanol–water partition coefficient (Wildman–Crippen LogP) is 2.62. The van der Waals surface area contributed by atoms with E-state index in [9.17, 15) is 4.79 Å². The van der Waals surface area contributed by atoms with Gasteiger partial charge in [0.05, 0.1) is 18.5 Å². The fourth-order valence-electron chi connectivity index (χ4n) is 2.25. The first kappa shape index (κ1) is 14.8. The maximum atomic E-state index is 12.4. The largest absolute Gasteiger partial charge is 0.478 e. The van der Waals surface area contributed by atoms with Crippen LogP contribution in [-0.4, -0.2) is 29.7 Å². The molecular formula is C15H22N2O3. The molecule has 1 aliphatic carbocycles. The Hall–Kier alpha value is -1.62. The zero-order valence-electron chi connectivity index (χ0n) is 12.3. The van der Waals surface area contributed by atoms with Gasteiger partial charge in [-0.05, 0) is 45.6 Å². The molecule has 1 fully saturated rings. The number of anilines is 1. The summed E-state index contributed by atoms with van der Waals surface area (Å²) in [5.41, 5.74) is -0.0853. The van der Waals surface area contributed by atoms with Crippen molar-refractivity contribution in [1.82, 2.24) is 4.98 Å². The normalized spacial score (nSPS) is 17.4. The Kier molecular flexibility index (Phi) is 4.60. The molecule has 1 atom stereocenters. The Morgan fingerprint density at radius 3 is 2.65 bits per heavy atom. The first-order valence-electron chi connectivity index (χ1n) is 7.14. The van der Waals surface area contributed by atoms with Crippen LogP contribution in [0.5, 0.6) is 5.88 Å². The van der Waals surface area contributed by atoms with Crippen molar-refractivity contribution in [3.05, 3.63) is 18.3 Å². The quantitative estimate of drug-likeness (QED) is 0.833. The molecule has 20 heavy (non-hydrogen) atoms. The number of amides is 1. The lowest BCUT2D eigenvalue weighted by atomic mass is 9.99. The first-order valence-corrected chi connectivity index (χ1v) is 7.14. The number of hydrogen-bond donors (Lipinski definition) is 1. The van der Waals surface area contributed by atoms with Crippen LogP contribution in [0.3, 0.4) is 0 Å². The Bertz CT molecular complexity index is 457. The van der Waals surface area contributed by atoms with E-state index in [0.29, 0.717) is 30.7 Å².